The van der Waals surface area contributed by atoms with E-state index in [4.69, 9.17) is 58.0 Å². The number of likely N-dealkylation sites (tertiary alicyclic amines) is 2. The quantitative estimate of drug-likeness (QED) is 0.0166. The summed E-state index contributed by atoms with van der Waals surface area (Å²) in [4.78, 5) is 51.4. The van der Waals surface area contributed by atoms with Gasteiger partial charge in [0.2, 0.25) is 24.0 Å². The van der Waals surface area contributed by atoms with Crippen LogP contribution >= 0.6 is 53.4 Å². The van der Waals surface area contributed by atoms with Crippen LogP contribution in [0, 0.1) is 23.0 Å². The Morgan fingerprint density at radius 1 is 0.724 bits per heavy atom. The van der Waals surface area contributed by atoms with Crippen LogP contribution in [0.1, 0.15) is 135 Å². The number of isocyanates is 2. The maximum atomic E-state index is 11.4. The van der Waals surface area contributed by atoms with E-state index < -0.39 is 31.2 Å². The molecule has 14 nitrogen and oxygen atoms in total. The van der Waals surface area contributed by atoms with E-state index in [0.29, 0.717) is 41.9 Å². The van der Waals surface area contributed by atoms with Crippen LogP contribution in [0.4, 0.5) is 0 Å². The number of nitriles is 2. The van der Waals surface area contributed by atoms with Crippen LogP contribution in [0.5, 0.6) is 0 Å². The summed E-state index contributed by atoms with van der Waals surface area (Å²) in [6.45, 7) is 33.5. The predicted octanol–water partition coefficient (Wildman–Crippen LogP) is 14.5. The van der Waals surface area contributed by atoms with Crippen molar-refractivity contribution in [3.05, 3.63) is 12.7 Å². The van der Waals surface area contributed by atoms with Crippen LogP contribution in [0.25, 0.3) is 0 Å². The number of hydrogen-bond acceptors (Lipinski definition) is 12. The van der Waals surface area contributed by atoms with Gasteiger partial charge in [-0.25, -0.2) is 19.6 Å². The van der Waals surface area contributed by atoms with Crippen LogP contribution in [-0.4, -0.2) is 144 Å². The summed E-state index contributed by atoms with van der Waals surface area (Å²) in [5.74, 6) is 0.281. The number of aliphatic hydroxyl groups excluding tert-OH is 1. The van der Waals surface area contributed by atoms with E-state index in [1.54, 1.807) is 31.3 Å². The number of halogens is 5. The molecule has 76 heavy (non-hydrogen) atoms. The number of aliphatic hydroxyl groups is 1. The van der Waals surface area contributed by atoms with Gasteiger partial charge in [0.15, 0.2) is 23.1 Å². The molecule has 0 radical (unpaired) electrons. The van der Waals surface area contributed by atoms with Gasteiger partial charge in [0.25, 0.3) is 12.5 Å². The van der Waals surface area contributed by atoms with Crippen LogP contribution in [-0.2, 0) is 46.2 Å². The first kappa shape index (κ1) is 88.8. The van der Waals surface area contributed by atoms with E-state index in [0.717, 1.165) is 139 Å². The van der Waals surface area contributed by atoms with Crippen LogP contribution < -0.4 is 0 Å². The zero-order valence-corrected chi connectivity index (χ0v) is 58.5. The van der Waals surface area contributed by atoms with Crippen molar-refractivity contribution in [2.45, 2.75) is 226 Å². The van der Waals surface area contributed by atoms with Crippen LogP contribution in [0.2, 0.25) is 78.6 Å². The van der Waals surface area contributed by atoms with Gasteiger partial charge in [-0.2, -0.15) is 43.8 Å². The van der Waals surface area contributed by atoms with Crippen LogP contribution in [0.15, 0.2) is 22.6 Å². The summed E-state index contributed by atoms with van der Waals surface area (Å²) < 4.78 is 15.9. The number of rotatable bonds is 26. The molecule has 0 aromatic carbocycles. The zero-order valence-electron chi connectivity index (χ0n) is 48.2. The standard InChI is InChI=1S/C15H28N2O3Si.2C8H16ClNOSi.C7H13NO2.C4H11ClSi.C4H5NO.C4H12Si.CH4.2ClH.Cu/c1-4-21(5-2,12-6-11-19-13-16)20-15-7-9-17(10-8-15)14(3)18;1-3-12(9,4-2)7-5-6-11-8-10;1-3-12(9,4-2)7-5-6-10-8-11;1-6(9)8-4-2-7(10)3-5-8;1-3-6(5)4-2;1-2-3-5-4-6;1-3-5-4-2;;;;/h15H,4-12H2,1-3H3;2*3-7H2,1-2H3;7,10H,2-5H2,1H3;6H,3-4H2,1-2H3;2H,1,3H2;3-5H2,1-2H3;1H4;2*1H;/q;;;;;;;;;;+2/p-2. The number of carbonyl (C=O) groups is 2. The molecule has 2 aliphatic heterocycles. The molecule has 2 heterocycles. The summed E-state index contributed by atoms with van der Waals surface area (Å²) in [6.07, 6.45) is 14.1. The normalized spacial score (nSPS) is 12.9. The molecule has 2 aliphatic rings. The molecular formula is C51H105Cl5CuN6O8Si5. The van der Waals surface area contributed by atoms with Crippen molar-refractivity contribution in [3.63, 3.8) is 0 Å². The molecule has 2 amide bonds. The number of aliphatic imine (C=N–C) groups is 2. The van der Waals surface area contributed by atoms with Gasteiger partial charge in [0.1, 0.15) is 21.3 Å². The third kappa shape index (κ3) is 59.1. The molecule has 0 atom stereocenters. The molecule has 0 aromatic heterocycles. The molecule has 0 saturated carbocycles. The van der Waals surface area contributed by atoms with E-state index in [1.807, 2.05) is 4.90 Å². The van der Waals surface area contributed by atoms with Crippen molar-refractivity contribution in [2.75, 3.05) is 52.5 Å². The number of piperidine rings is 2. The summed E-state index contributed by atoms with van der Waals surface area (Å²) in [6, 6.07) is 15.2. The second-order valence-electron chi connectivity index (χ2n) is 17.9. The number of carbonyl (C=O) groups excluding carboxylic acids is 4. The first-order chi connectivity index (χ1) is 35.7. The Balaban J connectivity index is -0.000000152. The molecule has 0 unspecified atom stereocenters. The van der Waals surface area contributed by atoms with E-state index in [-0.39, 0.29) is 25.3 Å². The van der Waals surface area contributed by atoms with Crippen molar-refractivity contribution in [3.8, 4) is 12.5 Å². The molecule has 0 bridgehead atoms. The van der Waals surface area contributed by atoms with Gasteiger partial charge in [-0.15, -0.1) is 6.58 Å². The molecule has 25 heteroatoms. The Labute approximate surface area is 499 Å². The minimum absolute atomic E-state index is 0. The van der Waals surface area contributed by atoms with Crippen molar-refractivity contribution in [1.29, 1.82) is 10.5 Å². The molecule has 453 valence electrons. The van der Waals surface area contributed by atoms with Crippen molar-refractivity contribution in [2.24, 2.45) is 9.98 Å². The van der Waals surface area contributed by atoms with Crippen molar-refractivity contribution < 1.29 is 51.3 Å². The third-order valence-corrected chi connectivity index (χ3v) is 34.4. The van der Waals surface area contributed by atoms with Gasteiger partial charge in [-0.1, -0.05) is 94.8 Å². The Bertz CT molecular complexity index is 1510. The Morgan fingerprint density at radius 2 is 1.11 bits per heavy atom. The Kier molecular flexibility index (Phi) is 75.7. The summed E-state index contributed by atoms with van der Waals surface area (Å²) >= 11 is 19.3. The summed E-state index contributed by atoms with van der Waals surface area (Å²) in [5.41, 5.74) is 0. The van der Waals surface area contributed by atoms with E-state index in [9.17, 15) is 19.2 Å². The van der Waals surface area contributed by atoms with Gasteiger partial charge in [0.05, 0.1) is 19.2 Å². The van der Waals surface area contributed by atoms with Gasteiger partial charge < -0.3 is 28.8 Å². The third-order valence-electron chi connectivity index (χ3n) is 12.8. The van der Waals surface area contributed by atoms with Gasteiger partial charge in [-0.3, -0.25) is 9.59 Å². The number of hydrogen-bond donors (Lipinski definition) is 1. The fraction of sp³-hybridized carbons (Fsp3) is 0.843. The second-order valence-corrected chi connectivity index (χ2v) is 44.6. The van der Waals surface area contributed by atoms with Crippen molar-refractivity contribution >= 4 is 118 Å². The van der Waals surface area contributed by atoms with E-state index in [2.05, 4.69) is 111 Å². The molecule has 0 aromatic rings. The average Bonchev–Trinajstić information content (AvgIpc) is 3.42. The molecule has 0 spiro atoms. The van der Waals surface area contributed by atoms with Gasteiger partial charge in [-0.05, 0) is 111 Å². The summed E-state index contributed by atoms with van der Waals surface area (Å²) in [5, 5.41) is 25.6. The van der Waals surface area contributed by atoms with Gasteiger partial charge in [0, 0.05) is 55.7 Å². The molecule has 2 rings (SSSR count). The first-order valence-electron chi connectivity index (χ1n) is 27.1. The maximum absolute atomic E-state index is 11.4. The molecular weight excluding hydrogens is 1210 g/mol. The molecule has 2 saturated heterocycles. The Morgan fingerprint density at radius 3 is 1.38 bits per heavy atom. The second kappa shape index (κ2) is 64.8. The summed E-state index contributed by atoms with van der Waals surface area (Å²) in [7, 11) is 4.43. The Hall–Kier alpha value is -1.01. The van der Waals surface area contributed by atoms with Crippen LogP contribution in [0.3, 0.4) is 0 Å². The van der Waals surface area contributed by atoms with E-state index in [1.165, 1.54) is 42.4 Å². The average molecular weight is 1310 g/mol. The fourth-order valence-electron chi connectivity index (χ4n) is 7.14. The number of amides is 2. The van der Waals surface area contributed by atoms with E-state index >= 15 is 0 Å². The number of ether oxygens (including phenoxy) is 2. The fourth-order valence-corrected chi connectivity index (χ4v) is 16.6. The number of nitrogens with zero attached hydrogens (tertiary/aromatic N) is 6. The zero-order chi connectivity index (χ0) is 58.8. The SMILES string of the molecule is C.C=CCN=C=O.CC(=O)N1CCC(O)CC1.CC[SiH2]CC.CC[SiH](Cl)CC.CC[Si](CC)(CCCOC#N)OC1CCN(C(C)=O)CC1.CC[Si](Cl)(CC)CCCN=C=O.CC[Si](Cl)(CC)CCCOC#N.[Cl][Cu][Cl]. The molecule has 0 aliphatic carbocycles. The van der Waals surface area contributed by atoms with Crippen molar-refractivity contribution in [1.82, 2.24) is 9.80 Å². The topological polar surface area (TPSA) is 195 Å². The molecule has 1 N–H and O–H groups in total. The first-order valence-corrected chi connectivity index (χ1v) is 44.8. The predicted molar refractivity (Wildman–Crippen MR) is 335 cm³/mol. The minimum atomic E-state index is -1.72. The van der Waals surface area contributed by atoms with Gasteiger partial charge >= 0.3 is 33.3 Å². The molecule has 2 fully saturated rings. The monoisotopic (exact) mass is 1310 g/mol.